The third kappa shape index (κ3) is 5.26. The summed E-state index contributed by atoms with van der Waals surface area (Å²) in [6, 6.07) is 4.26. The van der Waals surface area contributed by atoms with Gasteiger partial charge >= 0.3 is 0 Å². The maximum Gasteiger partial charge on any atom is 0.176 e. The predicted molar refractivity (Wildman–Crippen MR) is 94.6 cm³/mol. The van der Waals surface area contributed by atoms with E-state index in [9.17, 15) is 0 Å². The van der Waals surface area contributed by atoms with Crippen molar-refractivity contribution >= 4 is 18.0 Å². The van der Waals surface area contributed by atoms with Crippen LogP contribution in [-0.4, -0.2) is 65.4 Å². The number of piperazine rings is 1. The second-order valence-corrected chi connectivity index (χ2v) is 13.4. The van der Waals surface area contributed by atoms with Crippen LogP contribution in [0.2, 0.25) is 18.1 Å². The first-order chi connectivity index (χ1) is 9.37. The molecule has 1 fully saturated rings. The highest BCUT2D eigenvalue weighted by atomic mass is 28.3. The van der Waals surface area contributed by atoms with Crippen LogP contribution in [0, 0.1) is 0 Å². The van der Waals surface area contributed by atoms with E-state index in [1.54, 1.807) is 0 Å². The first-order valence-electron chi connectivity index (χ1n) is 8.48. The van der Waals surface area contributed by atoms with Crippen molar-refractivity contribution in [2.24, 2.45) is 0 Å². The van der Waals surface area contributed by atoms with E-state index >= 15 is 0 Å². The van der Waals surface area contributed by atoms with Crippen molar-refractivity contribution in [1.29, 1.82) is 0 Å². The van der Waals surface area contributed by atoms with Gasteiger partial charge < -0.3 is 13.9 Å². The average molecular weight is 317 g/mol. The molecular formula is C15H36N2OSi2. The summed E-state index contributed by atoms with van der Waals surface area (Å²) in [5.41, 5.74) is 0.0583. The first-order valence-corrected chi connectivity index (χ1v) is 12.6. The highest BCUT2D eigenvalue weighted by molar-refractivity contribution is 6.77. The molecule has 0 aromatic rings. The Labute approximate surface area is 130 Å². The predicted octanol–water partition coefficient (Wildman–Crippen LogP) is 2.47. The van der Waals surface area contributed by atoms with Gasteiger partial charge in [-0.05, 0) is 38.9 Å². The van der Waals surface area contributed by atoms with E-state index in [0.717, 1.165) is 0 Å². The molecule has 1 aliphatic rings. The van der Waals surface area contributed by atoms with Crippen molar-refractivity contribution in [2.45, 2.75) is 65.3 Å². The molecule has 0 spiro atoms. The zero-order chi connectivity index (χ0) is 15.2. The van der Waals surface area contributed by atoms with Gasteiger partial charge in [0.25, 0.3) is 0 Å². The Morgan fingerprint density at radius 3 is 1.85 bits per heavy atom. The Kier molecular flexibility index (Phi) is 7.42. The lowest BCUT2D eigenvalue weighted by Crippen LogP contribution is -2.59. The molecule has 0 aliphatic carbocycles. The van der Waals surface area contributed by atoms with Gasteiger partial charge in [0.1, 0.15) is 8.24 Å². The van der Waals surface area contributed by atoms with Crippen LogP contribution in [0.3, 0.4) is 0 Å². The quantitative estimate of drug-likeness (QED) is 0.671. The Balaban J connectivity index is 2.36. The topological polar surface area (TPSA) is 15.7 Å². The molecule has 0 bridgehead atoms. The summed E-state index contributed by atoms with van der Waals surface area (Å²) in [4.78, 5) is 2.63. The normalized spacial score (nSPS) is 20.1. The summed E-state index contributed by atoms with van der Waals surface area (Å²) >= 11 is 0. The maximum atomic E-state index is 5.98. The fourth-order valence-electron chi connectivity index (χ4n) is 3.35. The largest absolute Gasteiger partial charge is 0.418 e. The van der Waals surface area contributed by atoms with Crippen LogP contribution in [0.25, 0.3) is 0 Å². The second-order valence-electron chi connectivity index (χ2n) is 7.07. The smallest absolute Gasteiger partial charge is 0.176 e. The standard InChI is InChI=1S/C15H36N2OSi2/c1-7-20(8-2,9-3)17-12-10-16(11-13-17)14-19-18-15(4,5)6/h7-14,19H2,1-6H3. The Hall–Kier alpha value is 0.314. The number of hydrogen-bond acceptors (Lipinski definition) is 3. The van der Waals surface area contributed by atoms with Crippen LogP contribution >= 0.6 is 0 Å². The van der Waals surface area contributed by atoms with Crippen molar-refractivity contribution in [3.63, 3.8) is 0 Å². The van der Waals surface area contributed by atoms with Gasteiger partial charge in [-0.15, -0.1) is 0 Å². The molecule has 0 atom stereocenters. The molecule has 3 nitrogen and oxygen atoms in total. The van der Waals surface area contributed by atoms with E-state index < -0.39 is 8.24 Å². The number of hydrogen-bond donors (Lipinski definition) is 0. The minimum atomic E-state index is -1.12. The molecule has 1 heterocycles. The lowest BCUT2D eigenvalue weighted by atomic mass is 10.2. The third-order valence-electron chi connectivity index (χ3n) is 4.96. The van der Waals surface area contributed by atoms with Crippen molar-refractivity contribution in [1.82, 2.24) is 9.47 Å². The zero-order valence-electron chi connectivity index (χ0n) is 14.7. The molecule has 0 amide bonds. The summed E-state index contributed by atoms with van der Waals surface area (Å²) in [5.74, 6) is 0. The first kappa shape index (κ1) is 18.4. The van der Waals surface area contributed by atoms with Gasteiger partial charge in [0.15, 0.2) is 9.76 Å². The van der Waals surface area contributed by atoms with Gasteiger partial charge in [-0.3, -0.25) is 0 Å². The van der Waals surface area contributed by atoms with E-state index in [-0.39, 0.29) is 15.4 Å². The summed E-state index contributed by atoms with van der Waals surface area (Å²) in [7, 11) is -1.51. The molecule has 0 radical (unpaired) electrons. The van der Waals surface area contributed by atoms with E-state index in [1.165, 1.54) is 50.5 Å². The molecule has 5 heteroatoms. The van der Waals surface area contributed by atoms with Gasteiger partial charge in [0.05, 0.1) is 0 Å². The van der Waals surface area contributed by atoms with Crippen molar-refractivity contribution in [3.8, 4) is 0 Å². The average Bonchev–Trinajstić information content (AvgIpc) is 2.41. The Bertz CT molecular complexity index is 261. The highest BCUT2D eigenvalue weighted by Gasteiger charge is 2.35. The molecule has 0 saturated carbocycles. The lowest BCUT2D eigenvalue weighted by Gasteiger charge is -2.46. The Morgan fingerprint density at radius 2 is 1.45 bits per heavy atom. The second kappa shape index (κ2) is 8.08. The van der Waals surface area contributed by atoms with Gasteiger partial charge in [-0.2, -0.15) is 0 Å². The van der Waals surface area contributed by atoms with E-state index in [2.05, 4.69) is 51.0 Å². The van der Waals surface area contributed by atoms with Crippen molar-refractivity contribution < 1.29 is 4.43 Å². The van der Waals surface area contributed by atoms with Crippen molar-refractivity contribution in [3.05, 3.63) is 0 Å². The highest BCUT2D eigenvalue weighted by Crippen LogP contribution is 2.25. The molecular weight excluding hydrogens is 280 g/mol. The zero-order valence-corrected chi connectivity index (χ0v) is 17.1. The number of rotatable bonds is 7. The molecule has 0 unspecified atom stereocenters. The van der Waals surface area contributed by atoms with Crippen LogP contribution in [0.5, 0.6) is 0 Å². The van der Waals surface area contributed by atoms with Crippen LogP contribution in [0.15, 0.2) is 0 Å². The molecule has 1 saturated heterocycles. The maximum absolute atomic E-state index is 5.98. The van der Waals surface area contributed by atoms with Gasteiger partial charge in [-0.1, -0.05) is 20.8 Å². The molecule has 120 valence electrons. The molecule has 1 rings (SSSR count). The SMILES string of the molecule is CC[Si](CC)(CC)N1CCN(C[SiH2]OC(C)(C)C)CC1. The fourth-order valence-corrected chi connectivity index (χ4v) is 8.75. The van der Waals surface area contributed by atoms with Crippen LogP contribution in [0.1, 0.15) is 41.5 Å². The third-order valence-corrected chi connectivity index (χ3v) is 12.6. The fraction of sp³-hybridized carbons (Fsp3) is 1.00. The minimum Gasteiger partial charge on any atom is -0.418 e. The van der Waals surface area contributed by atoms with Gasteiger partial charge in [0, 0.05) is 37.9 Å². The summed E-state index contributed by atoms with van der Waals surface area (Å²) < 4.78 is 8.87. The van der Waals surface area contributed by atoms with E-state index in [4.69, 9.17) is 4.43 Å². The van der Waals surface area contributed by atoms with E-state index in [0.29, 0.717) is 0 Å². The van der Waals surface area contributed by atoms with Gasteiger partial charge in [0.2, 0.25) is 0 Å². The summed E-state index contributed by atoms with van der Waals surface area (Å²) in [6.45, 7) is 18.9. The number of nitrogens with zero attached hydrogens (tertiary/aromatic N) is 2. The van der Waals surface area contributed by atoms with Crippen molar-refractivity contribution in [2.75, 3.05) is 32.3 Å². The molecule has 0 aromatic heterocycles. The molecule has 20 heavy (non-hydrogen) atoms. The Morgan fingerprint density at radius 1 is 0.950 bits per heavy atom. The summed E-state index contributed by atoms with van der Waals surface area (Å²) in [6.07, 6.45) is 1.23. The van der Waals surface area contributed by atoms with Gasteiger partial charge in [-0.25, -0.2) is 0 Å². The molecule has 0 N–H and O–H groups in total. The summed E-state index contributed by atoms with van der Waals surface area (Å²) in [5, 5.41) is 0. The van der Waals surface area contributed by atoms with E-state index in [1.807, 2.05) is 0 Å². The van der Waals surface area contributed by atoms with Crippen LogP contribution < -0.4 is 0 Å². The molecule has 0 aromatic carbocycles. The van der Waals surface area contributed by atoms with Crippen LogP contribution in [0.4, 0.5) is 0 Å². The van der Waals surface area contributed by atoms with Crippen LogP contribution in [-0.2, 0) is 4.43 Å². The molecule has 1 aliphatic heterocycles. The minimum absolute atomic E-state index is 0.0583. The lowest BCUT2D eigenvalue weighted by molar-refractivity contribution is 0.127. The monoisotopic (exact) mass is 316 g/mol.